The fraction of sp³-hybridized carbons (Fsp3) is 0.636. The molecule has 2 atom stereocenters. The van der Waals surface area contributed by atoms with Crippen LogP contribution in [0.5, 0.6) is 0 Å². The summed E-state index contributed by atoms with van der Waals surface area (Å²) in [5.74, 6) is -0.618. The molecule has 1 unspecified atom stereocenters. The Hall–Kier alpha value is -2.06. The van der Waals surface area contributed by atoms with Gasteiger partial charge in [-0.15, -0.1) is 0 Å². The van der Waals surface area contributed by atoms with Gasteiger partial charge in [0, 0.05) is 6.54 Å². The number of carbonyl (C=O) groups excluding carboxylic acids is 1. The summed E-state index contributed by atoms with van der Waals surface area (Å²) in [6.07, 6.45) is 2.60. The summed E-state index contributed by atoms with van der Waals surface area (Å²) in [6.45, 7) is 8.33. The van der Waals surface area contributed by atoms with Crippen molar-refractivity contribution in [2.75, 3.05) is 6.54 Å². The van der Waals surface area contributed by atoms with Crippen LogP contribution in [0.25, 0.3) is 0 Å². The number of benzene rings is 1. The molecule has 2 heterocycles. The van der Waals surface area contributed by atoms with Crippen LogP contribution in [0.4, 0.5) is 4.79 Å². The molecular formula is C22H33BN2O5. The molecule has 2 N–H and O–H groups in total. The molecule has 0 bridgehead atoms. The summed E-state index contributed by atoms with van der Waals surface area (Å²) in [7, 11) is -0.575. The van der Waals surface area contributed by atoms with Crippen molar-refractivity contribution in [2.24, 2.45) is 0 Å². The summed E-state index contributed by atoms with van der Waals surface area (Å²) in [5, 5.41) is 12.4. The van der Waals surface area contributed by atoms with Gasteiger partial charge in [-0.2, -0.15) is 0 Å². The quantitative estimate of drug-likeness (QED) is 0.667. The van der Waals surface area contributed by atoms with Gasteiger partial charge in [-0.05, 0) is 65.4 Å². The van der Waals surface area contributed by atoms with Gasteiger partial charge in [-0.1, -0.05) is 30.3 Å². The van der Waals surface area contributed by atoms with E-state index in [9.17, 15) is 14.7 Å². The summed E-state index contributed by atoms with van der Waals surface area (Å²) >= 11 is 0. The van der Waals surface area contributed by atoms with Crippen LogP contribution in [0, 0.1) is 0 Å². The second-order valence-corrected chi connectivity index (χ2v) is 9.25. The molecule has 3 rings (SSSR count). The third kappa shape index (κ3) is 4.98. The lowest BCUT2D eigenvalue weighted by Crippen LogP contribution is -2.54. The van der Waals surface area contributed by atoms with Crippen LogP contribution in [-0.4, -0.2) is 58.9 Å². The van der Waals surface area contributed by atoms with Crippen LogP contribution < -0.4 is 5.32 Å². The predicted octanol–water partition coefficient (Wildman–Crippen LogP) is 3.27. The topological polar surface area (TPSA) is 88.1 Å². The van der Waals surface area contributed by atoms with Crippen molar-refractivity contribution in [1.82, 2.24) is 10.2 Å². The molecule has 164 valence electrons. The van der Waals surface area contributed by atoms with Crippen molar-refractivity contribution in [3.05, 3.63) is 35.9 Å². The molecular weight excluding hydrogens is 383 g/mol. The molecule has 2 aliphatic rings. The second-order valence-electron chi connectivity index (χ2n) is 9.25. The lowest BCUT2D eigenvalue weighted by atomic mass is 9.75. The van der Waals surface area contributed by atoms with Gasteiger partial charge in [0.2, 0.25) is 5.91 Å². The van der Waals surface area contributed by atoms with Crippen LogP contribution in [0.1, 0.15) is 58.9 Å². The van der Waals surface area contributed by atoms with Crippen molar-refractivity contribution in [3.8, 4) is 0 Å². The monoisotopic (exact) mass is 416 g/mol. The number of nitrogens with one attached hydrogen (secondary N) is 1. The number of aryl methyl sites for hydroxylation is 1. The average molecular weight is 416 g/mol. The Morgan fingerprint density at radius 3 is 2.43 bits per heavy atom. The zero-order chi connectivity index (χ0) is 21.9. The van der Waals surface area contributed by atoms with E-state index >= 15 is 0 Å². The third-order valence-corrected chi connectivity index (χ3v) is 6.55. The first-order valence-electron chi connectivity index (χ1n) is 10.8. The highest BCUT2D eigenvalue weighted by Crippen LogP contribution is 2.38. The summed E-state index contributed by atoms with van der Waals surface area (Å²) in [5.41, 5.74) is 0.241. The van der Waals surface area contributed by atoms with E-state index in [1.807, 2.05) is 45.9 Å². The van der Waals surface area contributed by atoms with E-state index in [0.29, 0.717) is 25.8 Å². The molecule has 7 nitrogen and oxygen atoms in total. The minimum absolute atomic E-state index is 0.269. The highest BCUT2D eigenvalue weighted by Gasteiger charge is 2.54. The fourth-order valence-corrected chi connectivity index (χ4v) is 4.05. The average Bonchev–Trinajstić information content (AvgIpc) is 3.24. The van der Waals surface area contributed by atoms with Crippen LogP contribution in [0.15, 0.2) is 30.3 Å². The lowest BCUT2D eigenvalue weighted by Gasteiger charge is -2.32. The maximum absolute atomic E-state index is 13.0. The van der Waals surface area contributed by atoms with Crippen LogP contribution in [-0.2, 0) is 20.5 Å². The fourth-order valence-electron chi connectivity index (χ4n) is 4.05. The van der Waals surface area contributed by atoms with Gasteiger partial charge in [0.1, 0.15) is 6.04 Å². The van der Waals surface area contributed by atoms with Gasteiger partial charge < -0.3 is 19.7 Å². The predicted molar refractivity (Wildman–Crippen MR) is 115 cm³/mol. The van der Waals surface area contributed by atoms with Gasteiger partial charge in [0.15, 0.2) is 0 Å². The number of amides is 2. The van der Waals surface area contributed by atoms with Crippen molar-refractivity contribution < 1.29 is 24.0 Å². The Labute approximate surface area is 179 Å². The van der Waals surface area contributed by atoms with Gasteiger partial charge in [0.05, 0.1) is 17.1 Å². The molecule has 2 fully saturated rings. The van der Waals surface area contributed by atoms with E-state index in [2.05, 4.69) is 17.4 Å². The molecule has 8 heteroatoms. The number of carbonyl (C=O) groups is 2. The number of nitrogens with zero attached hydrogens (tertiary/aromatic N) is 1. The molecule has 0 radical (unpaired) electrons. The normalized spacial score (nSPS) is 23.4. The first kappa shape index (κ1) is 22.6. The Morgan fingerprint density at radius 1 is 1.20 bits per heavy atom. The van der Waals surface area contributed by atoms with E-state index in [1.165, 1.54) is 10.5 Å². The number of hydrogen-bond acceptors (Lipinski definition) is 4. The van der Waals surface area contributed by atoms with E-state index in [-0.39, 0.29) is 11.8 Å². The zero-order valence-corrected chi connectivity index (χ0v) is 18.4. The Morgan fingerprint density at radius 2 is 1.83 bits per heavy atom. The molecule has 0 aromatic heterocycles. The largest absolute Gasteiger partial charge is 0.481 e. The molecule has 0 saturated carbocycles. The Balaban J connectivity index is 1.69. The first-order chi connectivity index (χ1) is 14.1. The van der Waals surface area contributed by atoms with E-state index < -0.39 is 30.5 Å². The van der Waals surface area contributed by atoms with E-state index in [0.717, 1.165) is 12.8 Å². The third-order valence-electron chi connectivity index (χ3n) is 6.55. The molecule has 30 heavy (non-hydrogen) atoms. The highest BCUT2D eigenvalue weighted by molar-refractivity contribution is 6.48. The second kappa shape index (κ2) is 8.98. The van der Waals surface area contributed by atoms with Crippen molar-refractivity contribution in [3.63, 3.8) is 0 Å². The van der Waals surface area contributed by atoms with Crippen LogP contribution in [0.2, 0.25) is 0 Å². The molecule has 2 amide bonds. The Bertz CT molecular complexity index is 739. The SMILES string of the molecule is CC1(C)OB([C@H](CCCc2ccccc2)NC(=O)C2CCCN2C(=O)O)OC1(C)C. The van der Waals surface area contributed by atoms with Gasteiger partial charge in [0.25, 0.3) is 0 Å². The molecule has 0 aliphatic carbocycles. The van der Waals surface area contributed by atoms with Crippen molar-refractivity contribution in [1.29, 1.82) is 0 Å². The minimum atomic E-state index is -1.05. The van der Waals surface area contributed by atoms with Crippen LogP contribution >= 0.6 is 0 Å². The van der Waals surface area contributed by atoms with Gasteiger partial charge in [-0.3, -0.25) is 9.69 Å². The number of hydrogen-bond donors (Lipinski definition) is 2. The molecule has 2 aliphatic heterocycles. The first-order valence-corrected chi connectivity index (χ1v) is 10.8. The number of carboxylic acid groups (broad SMARTS) is 1. The van der Waals surface area contributed by atoms with E-state index in [4.69, 9.17) is 9.31 Å². The van der Waals surface area contributed by atoms with Gasteiger partial charge in [-0.25, -0.2) is 4.79 Å². The van der Waals surface area contributed by atoms with Crippen molar-refractivity contribution in [2.45, 2.75) is 83.0 Å². The van der Waals surface area contributed by atoms with Crippen LogP contribution in [0.3, 0.4) is 0 Å². The van der Waals surface area contributed by atoms with E-state index in [1.54, 1.807) is 0 Å². The number of rotatable bonds is 7. The summed E-state index contributed by atoms with van der Waals surface area (Å²) in [6, 6.07) is 9.55. The molecule has 2 saturated heterocycles. The molecule has 1 aromatic carbocycles. The number of likely N-dealkylation sites (tertiary alicyclic amines) is 1. The zero-order valence-electron chi connectivity index (χ0n) is 18.4. The maximum atomic E-state index is 13.0. The van der Waals surface area contributed by atoms with Crippen molar-refractivity contribution >= 4 is 19.1 Å². The molecule has 1 aromatic rings. The smallest absolute Gasteiger partial charge is 0.465 e. The lowest BCUT2D eigenvalue weighted by molar-refractivity contribution is -0.125. The summed E-state index contributed by atoms with van der Waals surface area (Å²) in [4.78, 5) is 25.6. The highest BCUT2D eigenvalue weighted by atomic mass is 16.7. The Kier molecular flexibility index (Phi) is 6.77. The molecule has 0 spiro atoms. The standard InChI is InChI=1S/C22H33BN2O5/c1-21(2)22(3,4)30-23(29-21)18(14-8-12-16-10-6-5-7-11-16)24-19(26)17-13-9-15-25(17)20(27)28/h5-7,10-11,17-18H,8-9,12-15H2,1-4H3,(H,24,26)(H,27,28)/t17?,18-/m0/s1. The summed E-state index contributed by atoms with van der Waals surface area (Å²) < 4.78 is 12.4. The van der Waals surface area contributed by atoms with Gasteiger partial charge >= 0.3 is 13.2 Å². The minimum Gasteiger partial charge on any atom is -0.465 e. The maximum Gasteiger partial charge on any atom is 0.481 e.